The van der Waals surface area contributed by atoms with Crippen LogP contribution >= 0.6 is 0 Å². The minimum absolute atomic E-state index is 0.157. The summed E-state index contributed by atoms with van der Waals surface area (Å²) in [7, 11) is 0. The second-order valence-corrected chi connectivity index (χ2v) is 6.92. The first-order chi connectivity index (χ1) is 14.6. The molecule has 3 rings (SSSR count). The third-order valence-corrected chi connectivity index (χ3v) is 4.41. The molecule has 1 heterocycles. The number of aliphatic imine (C=N–C) groups is 1. The number of benzene rings is 2. The van der Waals surface area contributed by atoms with Crippen molar-refractivity contribution in [1.82, 2.24) is 20.2 Å². The third kappa shape index (κ3) is 6.62. The topological polar surface area (TPSA) is 63.5 Å². The van der Waals surface area contributed by atoms with Gasteiger partial charge < -0.3 is 19.9 Å². The molecule has 0 saturated carbocycles. The van der Waals surface area contributed by atoms with Crippen LogP contribution in [0.15, 0.2) is 72.0 Å². The Balaban J connectivity index is 1.56. The fraction of sp³-hybridized carbons (Fsp3) is 0.304. The zero-order chi connectivity index (χ0) is 21.2. The highest BCUT2D eigenvalue weighted by Crippen LogP contribution is 2.13. The lowest BCUT2D eigenvalue weighted by Crippen LogP contribution is -2.41. The second-order valence-electron chi connectivity index (χ2n) is 6.92. The maximum absolute atomic E-state index is 13.3. The number of aromatic nitrogens is 2. The standard InChI is InChI=1S/C23H28FN5O/c1-3-25-23(27-15-18(2)30-21-11-7-10-20(24)14-21)28-16-22-26-12-13-29(22)17-19-8-5-4-6-9-19/h4-14,18H,3,15-17H2,1-2H3,(H2,25,27,28). The highest BCUT2D eigenvalue weighted by molar-refractivity contribution is 5.79. The molecule has 1 unspecified atom stereocenters. The molecule has 0 aliphatic carbocycles. The van der Waals surface area contributed by atoms with Crippen molar-refractivity contribution in [3.05, 3.63) is 84.2 Å². The molecule has 0 radical (unpaired) electrons. The number of halogens is 1. The van der Waals surface area contributed by atoms with Gasteiger partial charge in [0.15, 0.2) is 5.96 Å². The van der Waals surface area contributed by atoms with Crippen molar-refractivity contribution in [2.75, 3.05) is 13.1 Å². The van der Waals surface area contributed by atoms with Gasteiger partial charge in [-0.3, -0.25) is 0 Å². The summed E-state index contributed by atoms with van der Waals surface area (Å²) in [6.07, 6.45) is 3.60. The van der Waals surface area contributed by atoms with Crippen molar-refractivity contribution >= 4 is 5.96 Å². The number of nitrogens with one attached hydrogen (secondary N) is 2. The lowest BCUT2D eigenvalue weighted by atomic mass is 10.2. The van der Waals surface area contributed by atoms with Crippen molar-refractivity contribution < 1.29 is 9.13 Å². The van der Waals surface area contributed by atoms with Crippen molar-refractivity contribution in [3.8, 4) is 5.75 Å². The van der Waals surface area contributed by atoms with E-state index in [9.17, 15) is 4.39 Å². The van der Waals surface area contributed by atoms with Crippen LogP contribution in [-0.2, 0) is 13.1 Å². The van der Waals surface area contributed by atoms with Crippen LogP contribution in [0.5, 0.6) is 5.75 Å². The molecule has 0 amide bonds. The number of hydrogen-bond donors (Lipinski definition) is 2. The molecular weight excluding hydrogens is 381 g/mol. The van der Waals surface area contributed by atoms with E-state index in [1.54, 1.807) is 18.3 Å². The predicted octanol–water partition coefficient (Wildman–Crippen LogP) is 3.59. The molecule has 1 atom stereocenters. The maximum Gasteiger partial charge on any atom is 0.191 e. The van der Waals surface area contributed by atoms with E-state index >= 15 is 0 Å². The van der Waals surface area contributed by atoms with Gasteiger partial charge in [-0.05, 0) is 31.5 Å². The van der Waals surface area contributed by atoms with E-state index in [0.29, 0.717) is 24.8 Å². The summed E-state index contributed by atoms with van der Waals surface area (Å²) < 4.78 is 21.2. The summed E-state index contributed by atoms with van der Waals surface area (Å²) in [6, 6.07) is 16.4. The van der Waals surface area contributed by atoms with E-state index in [1.165, 1.54) is 17.7 Å². The van der Waals surface area contributed by atoms with Gasteiger partial charge in [-0.1, -0.05) is 36.4 Å². The molecule has 0 bridgehead atoms. The monoisotopic (exact) mass is 409 g/mol. The summed E-state index contributed by atoms with van der Waals surface area (Å²) in [6.45, 7) is 6.42. The van der Waals surface area contributed by atoms with Gasteiger partial charge in [-0.25, -0.2) is 14.4 Å². The SMILES string of the molecule is CCNC(=NCc1nccn1Cc1ccccc1)NCC(C)Oc1cccc(F)c1. The zero-order valence-electron chi connectivity index (χ0n) is 17.4. The number of imidazole rings is 1. The van der Waals surface area contributed by atoms with Gasteiger partial charge in [0.2, 0.25) is 0 Å². The molecule has 30 heavy (non-hydrogen) atoms. The number of guanidine groups is 1. The third-order valence-electron chi connectivity index (χ3n) is 4.41. The van der Waals surface area contributed by atoms with Crippen LogP contribution in [0.3, 0.4) is 0 Å². The molecule has 0 aliphatic rings. The number of hydrogen-bond acceptors (Lipinski definition) is 3. The molecule has 6 nitrogen and oxygen atoms in total. The second kappa shape index (κ2) is 11.0. The summed E-state index contributed by atoms with van der Waals surface area (Å²) in [4.78, 5) is 9.09. The van der Waals surface area contributed by atoms with Crippen LogP contribution in [0.2, 0.25) is 0 Å². The van der Waals surface area contributed by atoms with Crippen molar-refractivity contribution in [2.45, 2.75) is 33.0 Å². The van der Waals surface area contributed by atoms with Crippen molar-refractivity contribution in [3.63, 3.8) is 0 Å². The smallest absolute Gasteiger partial charge is 0.191 e. The summed E-state index contributed by atoms with van der Waals surface area (Å²) in [5, 5.41) is 6.50. The molecule has 1 aromatic heterocycles. The van der Waals surface area contributed by atoms with Gasteiger partial charge in [0.05, 0.1) is 6.54 Å². The van der Waals surface area contributed by atoms with E-state index < -0.39 is 0 Å². The maximum atomic E-state index is 13.3. The van der Waals surface area contributed by atoms with E-state index in [1.807, 2.05) is 38.2 Å². The van der Waals surface area contributed by atoms with Gasteiger partial charge in [0.25, 0.3) is 0 Å². The van der Waals surface area contributed by atoms with E-state index in [4.69, 9.17) is 4.74 Å². The molecular formula is C23H28FN5O. The molecule has 0 spiro atoms. The van der Waals surface area contributed by atoms with Crippen molar-refractivity contribution in [1.29, 1.82) is 0 Å². The van der Waals surface area contributed by atoms with Gasteiger partial charge in [-0.2, -0.15) is 0 Å². The molecule has 2 N–H and O–H groups in total. The zero-order valence-corrected chi connectivity index (χ0v) is 17.4. The molecule has 0 fully saturated rings. The van der Waals surface area contributed by atoms with Gasteiger partial charge >= 0.3 is 0 Å². The Bertz CT molecular complexity index is 942. The number of nitrogens with zero attached hydrogens (tertiary/aromatic N) is 3. The molecule has 158 valence electrons. The number of ether oxygens (including phenoxy) is 1. The largest absolute Gasteiger partial charge is 0.489 e. The minimum atomic E-state index is -0.312. The molecule has 2 aromatic carbocycles. The molecule has 0 saturated heterocycles. The van der Waals surface area contributed by atoms with Crippen LogP contribution in [0, 0.1) is 5.82 Å². The molecule has 7 heteroatoms. The van der Waals surface area contributed by atoms with Crippen LogP contribution in [0.25, 0.3) is 0 Å². The highest BCUT2D eigenvalue weighted by atomic mass is 19.1. The first-order valence-electron chi connectivity index (χ1n) is 10.1. The van der Waals surface area contributed by atoms with Crippen LogP contribution in [0.1, 0.15) is 25.2 Å². The Hall–Kier alpha value is -3.35. The van der Waals surface area contributed by atoms with Crippen molar-refractivity contribution in [2.24, 2.45) is 4.99 Å². The fourth-order valence-corrected chi connectivity index (χ4v) is 2.96. The lowest BCUT2D eigenvalue weighted by Gasteiger charge is -2.17. The lowest BCUT2D eigenvalue weighted by molar-refractivity contribution is 0.223. The first-order valence-corrected chi connectivity index (χ1v) is 10.1. The molecule has 3 aromatic rings. The van der Waals surface area contributed by atoms with E-state index in [2.05, 4.69) is 37.3 Å². The average molecular weight is 410 g/mol. The Morgan fingerprint density at radius 1 is 1.17 bits per heavy atom. The van der Waals surface area contributed by atoms with Gasteiger partial charge in [0, 0.05) is 31.5 Å². The Morgan fingerprint density at radius 2 is 2.00 bits per heavy atom. The Morgan fingerprint density at radius 3 is 2.77 bits per heavy atom. The van der Waals surface area contributed by atoms with E-state index in [0.717, 1.165) is 18.9 Å². The average Bonchev–Trinajstić information content (AvgIpc) is 3.18. The van der Waals surface area contributed by atoms with Crippen LogP contribution in [0.4, 0.5) is 4.39 Å². The molecule has 0 aliphatic heterocycles. The van der Waals surface area contributed by atoms with Crippen LogP contribution in [-0.4, -0.2) is 34.7 Å². The number of rotatable bonds is 9. The highest BCUT2D eigenvalue weighted by Gasteiger charge is 2.08. The predicted molar refractivity (Wildman–Crippen MR) is 117 cm³/mol. The Kier molecular flexibility index (Phi) is 7.83. The normalized spacial score (nSPS) is 12.4. The first kappa shape index (κ1) is 21.4. The van der Waals surface area contributed by atoms with Gasteiger partial charge in [-0.15, -0.1) is 0 Å². The Labute approximate surface area is 176 Å². The summed E-state index contributed by atoms with van der Waals surface area (Å²) >= 11 is 0. The summed E-state index contributed by atoms with van der Waals surface area (Å²) in [5.41, 5.74) is 1.22. The van der Waals surface area contributed by atoms with Gasteiger partial charge in [0.1, 0.15) is 30.0 Å². The fourth-order valence-electron chi connectivity index (χ4n) is 2.96. The quantitative estimate of drug-likeness (QED) is 0.419. The summed E-state index contributed by atoms with van der Waals surface area (Å²) in [5.74, 6) is 1.77. The van der Waals surface area contributed by atoms with E-state index in [-0.39, 0.29) is 11.9 Å². The minimum Gasteiger partial charge on any atom is -0.489 e. The van der Waals surface area contributed by atoms with Crippen LogP contribution < -0.4 is 15.4 Å².